The highest BCUT2D eigenvalue weighted by Crippen LogP contribution is 2.24. The fourth-order valence-electron chi connectivity index (χ4n) is 2.04. The average Bonchev–Trinajstić information content (AvgIpc) is 2.87. The number of aromatic amines is 1. The number of hydrogen-bond acceptors (Lipinski definition) is 3. The van der Waals surface area contributed by atoms with Crippen LogP contribution < -0.4 is 5.32 Å². The van der Waals surface area contributed by atoms with Gasteiger partial charge in [0.05, 0.1) is 5.39 Å². The molecular weight excluding hydrogens is 236 g/mol. The lowest BCUT2D eigenvalue weighted by molar-refractivity contribution is 0.891. The Balaban J connectivity index is 2.16. The number of hydrogen-bond donors (Lipinski definition) is 2. The molecule has 0 fully saturated rings. The van der Waals surface area contributed by atoms with Crippen molar-refractivity contribution in [3.63, 3.8) is 0 Å². The van der Waals surface area contributed by atoms with Crippen molar-refractivity contribution in [2.45, 2.75) is 19.9 Å². The molecule has 2 heterocycles. The second-order valence-corrected chi connectivity index (χ2v) is 4.80. The van der Waals surface area contributed by atoms with E-state index in [2.05, 4.69) is 34.1 Å². The number of fused-ring (bicyclic) bond motifs is 1. The van der Waals surface area contributed by atoms with Crippen LogP contribution in [0.1, 0.15) is 13.8 Å². The lowest BCUT2D eigenvalue weighted by Crippen LogP contribution is -2.12. The second kappa shape index (κ2) is 4.72. The van der Waals surface area contributed by atoms with Gasteiger partial charge in [-0.25, -0.2) is 9.97 Å². The predicted molar refractivity (Wildman–Crippen MR) is 78.1 cm³/mol. The van der Waals surface area contributed by atoms with Gasteiger partial charge in [-0.3, -0.25) is 0 Å². The quantitative estimate of drug-likeness (QED) is 0.750. The Morgan fingerprint density at radius 3 is 2.58 bits per heavy atom. The van der Waals surface area contributed by atoms with Crippen LogP contribution in [0.25, 0.3) is 22.4 Å². The lowest BCUT2D eigenvalue weighted by atomic mass is 10.2. The second-order valence-electron chi connectivity index (χ2n) is 4.80. The highest BCUT2D eigenvalue weighted by molar-refractivity contribution is 5.88. The summed E-state index contributed by atoms with van der Waals surface area (Å²) >= 11 is 0. The summed E-state index contributed by atoms with van der Waals surface area (Å²) in [5.74, 6) is 1.61. The fraction of sp³-hybridized carbons (Fsp3) is 0.200. The van der Waals surface area contributed by atoms with Crippen LogP contribution in [0.2, 0.25) is 0 Å². The first-order valence-electron chi connectivity index (χ1n) is 6.41. The van der Waals surface area contributed by atoms with Gasteiger partial charge in [-0.1, -0.05) is 30.3 Å². The zero-order valence-corrected chi connectivity index (χ0v) is 11.0. The smallest absolute Gasteiger partial charge is 0.163 e. The van der Waals surface area contributed by atoms with Crippen LogP contribution in [0, 0.1) is 0 Å². The number of rotatable bonds is 3. The van der Waals surface area contributed by atoms with E-state index in [1.54, 1.807) is 0 Å². The maximum atomic E-state index is 4.64. The van der Waals surface area contributed by atoms with Crippen molar-refractivity contribution >= 4 is 16.9 Å². The number of H-pyrrole nitrogens is 1. The third-order valence-corrected chi connectivity index (χ3v) is 2.87. The minimum absolute atomic E-state index is 0.330. The molecule has 2 N–H and O–H groups in total. The van der Waals surface area contributed by atoms with E-state index in [0.29, 0.717) is 6.04 Å². The van der Waals surface area contributed by atoms with Gasteiger partial charge >= 0.3 is 0 Å². The lowest BCUT2D eigenvalue weighted by Gasteiger charge is -2.11. The topological polar surface area (TPSA) is 53.6 Å². The third-order valence-electron chi connectivity index (χ3n) is 2.87. The Kier molecular flexibility index (Phi) is 2.91. The van der Waals surface area contributed by atoms with Crippen molar-refractivity contribution < 1.29 is 0 Å². The number of aromatic nitrogens is 3. The molecule has 4 heteroatoms. The molecule has 3 aromatic rings. The monoisotopic (exact) mass is 252 g/mol. The number of anilines is 1. The van der Waals surface area contributed by atoms with Crippen LogP contribution in [-0.4, -0.2) is 21.0 Å². The summed E-state index contributed by atoms with van der Waals surface area (Å²) in [4.78, 5) is 12.4. The van der Waals surface area contributed by atoms with Gasteiger partial charge < -0.3 is 10.3 Å². The molecule has 0 aliphatic heterocycles. The van der Waals surface area contributed by atoms with Gasteiger partial charge in [-0.2, -0.15) is 0 Å². The molecule has 96 valence electrons. The van der Waals surface area contributed by atoms with Gasteiger partial charge in [-0.15, -0.1) is 0 Å². The number of benzene rings is 1. The van der Waals surface area contributed by atoms with E-state index in [9.17, 15) is 0 Å². The van der Waals surface area contributed by atoms with Crippen LogP contribution in [0.4, 0.5) is 5.82 Å². The maximum Gasteiger partial charge on any atom is 0.163 e. The van der Waals surface area contributed by atoms with Crippen molar-refractivity contribution in [3.05, 3.63) is 42.6 Å². The highest BCUT2D eigenvalue weighted by atomic mass is 15.1. The first kappa shape index (κ1) is 11.7. The summed E-state index contributed by atoms with van der Waals surface area (Å²) in [5.41, 5.74) is 1.88. The molecule has 0 amide bonds. The van der Waals surface area contributed by atoms with Gasteiger partial charge in [0.1, 0.15) is 11.5 Å². The molecule has 0 saturated heterocycles. The van der Waals surface area contributed by atoms with E-state index in [1.165, 1.54) is 0 Å². The van der Waals surface area contributed by atoms with Crippen LogP contribution in [0.15, 0.2) is 42.6 Å². The van der Waals surface area contributed by atoms with E-state index < -0.39 is 0 Å². The molecule has 4 nitrogen and oxygen atoms in total. The minimum Gasteiger partial charge on any atom is -0.367 e. The molecule has 0 radical (unpaired) electrons. The first-order valence-corrected chi connectivity index (χ1v) is 6.41. The maximum absolute atomic E-state index is 4.64. The first-order chi connectivity index (χ1) is 9.24. The minimum atomic E-state index is 0.330. The van der Waals surface area contributed by atoms with E-state index >= 15 is 0 Å². The van der Waals surface area contributed by atoms with Crippen molar-refractivity contribution in [3.8, 4) is 11.4 Å². The summed E-state index contributed by atoms with van der Waals surface area (Å²) in [5, 5.41) is 4.39. The van der Waals surface area contributed by atoms with Gasteiger partial charge in [0.15, 0.2) is 5.82 Å². The number of nitrogens with one attached hydrogen (secondary N) is 2. The van der Waals surface area contributed by atoms with Gasteiger partial charge in [0.25, 0.3) is 0 Å². The van der Waals surface area contributed by atoms with Gasteiger partial charge in [0.2, 0.25) is 0 Å². The Morgan fingerprint density at radius 1 is 1.05 bits per heavy atom. The Hall–Kier alpha value is -2.36. The molecule has 0 bridgehead atoms. The van der Waals surface area contributed by atoms with Gasteiger partial charge in [0, 0.05) is 17.8 Å². The zero-order valence-electron chi connectivity index (χ0n) is 11.0. The Labute approximate surface area is 111 Å². The normalized spacial score (nSPS) is 11.1. The summed E-state index contributed by atoms with van der Waals surface area (Å²) in [7, 11) is 0. The average molecular weight is 252 g/mol. The van der Waals surface area contributed by atoms with Gasteiger partial charge in [-0.05, 0) is 19.9 Å². The molecule has 0 aliphatic carbocycles. The molecule has 0 aliphatic rings. The molecule has 0 saturated carbocycles. The van der Waals surface area contributed by atoms with E-state index in [0.717, 1.165) is 28.2 Å². The fourth-order valence-corrected chi connectivity index (χ4v) is 2.04. The molecule has 0 atom stereocenters. The summed E-state index contributed by atoms with van der Waals surface area (Å²) in [6.07, 6.45) is 1.89. The largest absolute Gasteiger partial charge is 0.367 e. The number of nitrogens with zero attached hydrogens (tertiary/aromatic N) is 2. The van der Waals surface area contributed by atoms with E-state index in [-0.39, 0.29) is 0 Å². The van der Waals surface area contributed by atoms with Crippen molar-refractivity contribution in [1.82, 2.24) is 15.0 Å². The van der Waals surface area contributed by atoms with Crippen molar-refractivity contribution in [2.75, 3.05) is 5.32 Å². The van der Waals surface area contributed by atoms with E-state index in [1.807, 2.05) is 42.6 Å². The highest BCUT2D eigenvalue weighted by Gasteiger charge is 2.10. The van der Waals surface area contributed by atoms with Crippen LogP contribution in [0.5, 0.6) is 0 Å². The SMILES string of the molecule is CC(C)Nc1nc(-c2ccccc2)nc2[nH]ccc12. The Morgan fingerprint density at radius 2 is 1.84 bits per heavy atom. The summed E-state index contributed by atoms with van der Waals surface area (Å²) in [6, 6.07) is 12.3. The van der Waals surface area contributed by atoms with Crippen LogP contribution >= 0.6 is 0 Å². The molecule has 1 aromatic carbocycles. The third kappa shape index (κ3) is 2.29. The summed E-state index contributed by atoms with van der Waals surface area (Å²) < 4.78 is 0. The molecule has 0 spiro atoms. The van der Waals surface area contributed by atoms with Crippen molar-refractivity contribution in [2.24, 2.45) is 0 Å². The van der Waals surface area contributed by atoms with E-state index in [4.69, 9.17) is 0 Å². The molecule has 0 unspecified atom stereocenters. The van der Waals surface area contributed by atoms with Crippen LogP contribution in [0.3, 0.4) is 0 Å². The van der Waals surface area contributed by atoms with Crippen LogP contribution in [-0.2, 0) is 0 Å². The predicted octanol–water partition coefficient (Wildman–Crippen LogP) is 3.45. The summed E-state index contributed by atoms with van der Waals surface area (Å²) in [6.45, 7) is 4.20. The zero-order chi connectivity index (χ0) is 13.2. The Bertz CT molecular complexity index is 686. The van der Waals surface area contributed by atoms with Crippen molar-refractivity contribution in [1.29, 1.82) is 0 Å². The standard InChI is InChI=1S/C15H16N4/c1-10(2)17-15-12-8-9-16-14(12)18-13(19-15)11-6-4-3-5-7-11/h3-10H,1-2H3,(H2,16,17,18,19). The molecular formula is C15H16N4. The molecule has 19 heavy (non-hydrogen) atoms. The molecule has 2 aromatic heterocycles. The molecule has 3 rings (SSSR count).